The lowest BCUT2D eigenvalue weighted by molar-refractivity contribution is 0.395. The molecule has 1 N–H and O–H groups in total. The summed E-state index contributed by atoms with van der Waals surface area (Å²) >= 11 is 0. The summed E-state index contributed by atoms with van der Waals surface area (Å²) in [6, 6.07) is 22.2. The van der Waals surface area contributed by atoms with Gasteiger partial charge in [-0.3, -0.25) is 0 Å². The molecule has 3 nitrogen and oxygen atoms in total. The molecule has 2 unspecified atom stereocenters. The molecule has 1 aromatic heterocycles. The van der Waals surface area contributed by atoms with E-state index in [0.717, 1.165) is 37.7 Å². The Bertz CT molecular complexity index is 1000. The standard InChI is InChI=1S/C27H30O3/c1-19(17-20-10-4-2-5-11-20)9-8-14-23-18-24(28)26(27(29)30-23)25(22-15-16-22)21-12-6-3-7-13-21/h2-7,10-13,18-19,22,25,28H,8-9,14-17H2,1H3. The summed E-state index contributed by atoms with van der Waals surface area (Å²) in [6.07, 6.45) is 5.87. The van der Waals surface area contributed by atoms with Gasteiger partial charge in [0.15, 0.2) is 0 Å². The highest BCUT2D eigenvalue weighted by atomic mass is 16.4. The Morgan fingerprint density at radius 2 is 1.70 bits per heavy atom. The van der Waals surface area contributed by atoms with Gasteiger partial charge in [0.2, 0.25) is 0 Å². The van der Waals surface area contributed by atoms with Crippen molar-refractivity contribution in [3.8, 4) is 5.75 Å². The van der Waals surface area contributed by atoms with Crippen molar-refractivity contribution in [2.75, 3.05) is 0 Å². The normalized spacial score (nSPS) is 15.6. The van der Waals surface area contributed by atoms with E-state index in [4.69, 9.17) is 4.42 Å². The summed E-state index contributed by atoms with van der Waals surface area (Å²) in [4.78, 5) is 12.8. The molecule has 1 aliphatic rings. The van der Waals surface area contributed by atoms with Crippen LogP contribution in [0.3, 0.4) is 0 Å². The fourth-order valence-electron chi connectivity index (χ4n) is 4.46. The van der Waals surface area contributed by atoms with Crippen molar-refractivity contribution in [3.63, 3.8) is 0 Å². The first-order chi connectivity index (χ1) is 14.6. The number of hydrogen-bond donors (Lipinski definition) is 1. The zero-order valence-electron chi connectivity index (χ0n) is 17.6. The quantitative estimate of drug-likeness (QED) is 0.471. The van der Waals surface area contributed by atoms with E-state index in [9.17, 15) is 9.90 Å². The summed E-state index contributed by atoms with van der Waals surface area (Å²) in [7, 11) is 0. The highest BCUT2D eigenvalue weighted by Gasteiger charge is 2.37. The first-order valence-electron chi connectivity index (χ1n) is 11.1. The molecule has 0 aliphatic heterocycles. The Hall–Kier alpha value is -2.81. The summed E-state index contributed by atoms with van der Waals surface area (Å²) in [5, 5.41) is 10.7. The third kappa shape index (κ3) is 5.02. The van der Waals surface area contributed by atoms with Crippen LogP contribution in [-0.2, 0) is 12.8 Å². The van der Waals surface area contributed by atoms with E-state index >= 15 is 0 Å². The molecule has 0 radical (unpaired) electrons. The Labute approximate surface area is 178 Å². The largest absolute Gasteiger partial charge is 0.507 e. The van der Waals surface area contributed by atoms with Gasteiger partial charge in [-0.05, 0) is 55.1 Å². The van der Waals surface area contributed by atoms with Crippen LogP contribution in [0.2, 0.25) is 0 Å². The van der Waals surface area contributed by atoms with Crippen LogP contribution in [0, 0.1) is 11.8 Å². The molecule has 3 aromatic rings. The monoisotopic (exact) mass is 402 g/mol. The van der Waals surface area contributed by atoms with E-state index in [-0.39, 0.29) is 17.3 Å². The van der Waals surface area contributed by atoms with Gasteiger partial charge >= 0.3 is 5.63 Å². The fourth-order valence-corrected chi connectivity index (χ4v) is 4.46. The van der Waals surface area contributed by atoms with Crippen LogP contribution >= 0.6 is 0 Å². The van der Waals surface area contributed by atoms with Crippen LogP contribution in [-0.4, -0.2) is 5.11 Å². The molecule has 3 heteroatoms. The fraction of sp³-hybridized carbons (Fsp3) is 0.370. The van der Waals surface area contributed by atoms with Crippen molar-refractivity contribution in [1.82, 2.24) is 0 Å². The number of aryl methyl sites for hydroxylation is 1. The molecule has 30 heavy (non-hydrogen) atoms. The molecule has 0 amide bonds. The zero-order valence-corrected chi connectivity index (χ0v) is 17.6. The summed E-state index contributed by atoms with van der Waals surface area (Å²) in [6.45, 7) is 2.25. The molecule has 156 valence electrons. The van der Waals surface area contributed by atoms with Crippen LogP contribution in [0.25, 0.3) is 0 Å². The molecular formula is C27H30O3. The average molecular weight is 403 g/mol. The van der Waals surface area contributed by atoms with Gasteiger partial charge in [-0.15, -0.1) is 0 Å². The van der Waals surface area contributed by atoms with Gasteiger partial charge in [0, 0.05) is 18.4 Å². The minimum absolute atomic E-state index is 0.0811. The number of hydrogen-bond acceptors (Lipinski definition) is 3. The van der Waals surface area contributed by atoms with Crippen LogP contribution in [0.15, 0.2) is 75.9 Å². The summed E-state index contributed by atoms with van der Waals surface area (Å²) < 4.78 is 5.65. The lowest BCUT2D eigenvalue weighted by Crippen LogP contribution is -2.16. The Balaban J connectivity index is 1.42. The van der Waals surface area contributed by atoms with Gasteiger partial charge in [0.25, 0.3) is 0 Å². The molecule has 2 atom stereocenters. The third-order valence-electron chi connectivity index (χ3n) is 6.13. The predicted molar refractivity (Wildman–Crippen MR) is 120 cm³/mol. The maximum atomic E-state index is 12.8. The zero-order chi connectivity index (χ0) is 20.9. The molecule has 1 saturated carbocycles. The van der Waals surface area contributed by atoms with Gasteiger partial charge in [0.1, 0.15) is 11.5 Å². The third-order valence-corrected chi connectivity index (χ3v) is 6.13. The minimum atomic E-state index is -0.386. The lowest BCUT2D eigenvalue weighted by Gasteiger charge is -2.17. The van der Waals surface area contributed by atoms with Crippen LogP contribution in [0.4, 0.5) is 0 Å². The second-order valence-corrected chi connectivity index (χ2v) is 8.71. The highest BCUT2D eigenvalue weighted by Crippen LogP contribution is 2.47. The van der Waals surface area contributed by atoms with Gasteiger partial charge in [-0.25, -0.2) is 4.79 Å². The Morgan fingerprint density at radius 3 is 2.33 bits per heavy atom. The molecule has 4 rings (SSSR count). The molecule has 2 aromatic carbocycles. The van der Waals surface area contributed by atoms with Crippen molar-refractivity contribution in [3.05, 3.63) is 99.6 Å². The number of aromatic hydroxyl groups is 1. The van der Waals surface area contributed by atoms with Crippen molar-refractivity contribution < 1.29 is 9.52 Å². The molecule has 0 bridgehead atoms. The molecule has 1 heterocycles. The maximum absolute atomic E-state index is 12.8. The average Bonchev–Trinajstić information content (AvgIpc) is 3.57. The van der Waals surface area contributed by atoms with E-state index in [2.05, 4.69) is 31.2 Å². The van der Waals surface area contributed by atoms with Crippen LogP contribution in [0.5, 0.6) is 5.75 Å². The van der Waals surface area contributed by atoms with E-state index < -0.39 is 0 Å². The van der Waals surface area contributed by atoms with E-state index in [1.165, 1.54) is 5.56 Å². The van der Waals surface area contributed by atoms with Gasteiger partial charge in [0.05, 0.1) is 5.56 Å². The molecule has 1 fully saturated rings. The van der Waals surface area contributed by atoms with Gasteiger partial charge < -0.3 is 9.52 Å². The molecule has 0 spiro atoms. The van der Waals surface area contributed by atoms with Crippen molar-refractivity contribution in [2.24, 2.45) is 11.8 Å². The number of benzene rings is 2. The summed E-state index contributed by atoms with van der Waals surface area (Å²) in [5.41, 5.74) is 2.46. The van der Waals surface area contributed by atoms with Gasteiger partial charge in [-0.1, -0.05) is 67.6 Å². The second kappa shape index (κ2) is 9.34. The van der Waals surface area contributed by atoms with Crippen molar-refractivity contribution in [1.29, 1.82) is 0 Å². The first-order valence-corrected chi connectivity index (χ1v) is 11.1. The van der Waals surface area contributed by atoms with Crippen LogP contribution in [0.1, 0.15) is 61.0 Å². The smallest absolute Gasteiger partial charge is 0.343 e. The summed E-state index contributed by atoms with van der Waals surface area (Å²) in [5.74, 6) is 1.55. The first kappa shape index (κ1) is 20.5. The molecule has 1 aliphatic carbocycles. The Kier molecular flexibility index (Phi) is 6.37. The van der Waals surface area contributed by atoms with Crippen LogP contribution < -0.4 is 5.63 Å². The van der Waals surface area contributed by atoms with E-state index in [0.29, 0.717) is 29.6 Å². The number of rotatable bonds is 9. The molecule has 0 saturated heterocycles. The predicted octanol–water partition coefficient (Wildman–Crippen LogP) is 6.09. The minimum Gasteiger partial charge on any atom is -0.507 e. The van der Waals surface area contributed by atoms with Crippen molar-refractivity contribution in [2.45, 2.75) is 51.4 Å². The highest BCUT2D eigenvalue weighted by molar-refractivity contribution is 5.41. The van der Waals surface area contributed by atoms with Crippen molar-refractivity contribution >= 4 is 0 Å². The topological polar surface area (TPSA) is 50.4 Å². The van der Waals surface area contributed by atoms with E-state index in [1.54, 1.807) is 6.07 Å². The molecular weight excluding hydrogens is 372 g/mol. The second-order valence-electron chi connectivity index (χ2n) is 8.71. The lowest BCUT2D eigenvalue weighted by atomic mass is 9.87. The van der Waals surface area contributed by atoms with E-state index in [1.807, 2.05) is 36.4 Å². The Morgan fingerprint density at radius 1 is 1.03 bits per heavy atom. The SMILES string of the molecule is CC(CCCc1cc(O)c(C(c2ccccc2)C2CC2)c(=O)o1)Cc1ccccc1. The maximum Gasteiger partial charge on any atom is 0.343 e. The van der Waals surface area contributed by atoms with Gasteiger partial charge in [-0.2, -0.15) is 0 Å².